The summed E-state index contributed by atoms with van der Waals surface area (Å²) in [5.74, 6) is 0.590. The lowest BCUT2D eigenvalue weighted by atomic mass is 10.3. The number of nitrogens with one attached hydrogen (secondary N) is 1. The molecule has 0 heterocycles. The monoisotopic (exact) mass is 383 g/mol. The number of amides is 1. The summed E-state index contributed by atoms with van der Waals surface area (Å²) in [6.45, 7) is 2.55. The average Bonchev–Trinajstić information content (AvgIpc) is 2.14. The lowest BCUT2D eigenvalue weighted by Gasteiger charge is -2.06. The number of carbonyl (C=O) groups excluding carboxylic acids is 1. The van der Waals surface area contributed by atoms with Gasteiger partial charge in [-0.1, -0.05) is 15.9 Å². The summed E-state index contributed by atoms with van der Waals surface area (Å²) < 4.78 is 7.34. The van der Waals surface area contributed by atoms with E-state index >= 15 is 0 Å². The smallest absolute Gasteiger partial charge is 0.257 e. The summed E-state index contributed by atoms with van der Waals surface area (Å²) in [6, 6.07) is 5.69. The lowest BCUT2D eigenvalue weighted by Crippen LogP contribution is -2.28. The second-order valence-corrected chi connectivity index (χ2v) is 5.01. The molecule has 15 heavy (non-hydrogen) atoms. The summed E-state index contributed by atoms with van der Waals surface area (Å²) in [6.07, 6.45) is 0. The van der Waals surface area contributed by atoms with Crippen molar-refractivity contribution < 1.29 is 9.53 Å². The Balaban J connectivity index is 2.54. The van der Waals surface area contributed by atoms with Crippen molar-refractivity contribution in [3.05, 3.63) is 26.2 Å². The Labute approximate surface area is 111 Å². The molecule has 1 rings (SSSR count). The quantitative estimate of drug-likeness (QED) is 0.811. The Hall–Kier alpha value is -0.300. The van der Waals surface area contributed by atoms with Crippen molar-refractivity contribution in [2.24, 2.45) is 0 Å². The maximum absolute atomic E-state index is 11.1. The highest BCUT2D eigenvalue weighted by Gasteiger charge is 2.02. The normalized spacial score (nSPS) is 9.80. The van der Waals surface area contributed by atoms with Crippen LogP contribution in [0, 0.1) is 3.57 Å². The Bertz CT molecular complexity index is 337. The second kappa shape index (κ2) is 6.32. The highest BCUT2D eigenvalue weighted by molar-refractivity contribution is 14.1. The third-order valence-corrected chi connectivity index (χ3v) is 2.66. The molecule has 0 spiro atoms. The van der Waals surface area contributed by atoms with Crippen LogP contribution in [0.3, 0.4) is 0 Å². The van der Waals surface area contributed by atoms with Crippen molar-refractivity contribution >= 4 is 44.4 Å². The topological polar surface area (TPSA) is 38.3 Å². The van der Waals surface area contributed by atoms with Crippen molar-refractivity contribution in [1.29, 1.82) is 0 Å². The van der Waals surface area contributed by atoms with Crippen molar-refractivity contribution in [2.45, 2.75) is 6.92 Å². The van der Waals surface area contributed by atoms with E-state index in [1.165, 1.54) is 0 Å². The number of carbonyl (C=O) groups is 1. The molecule has 1 N–H and O–H groups in total. The maximum atomic E-state index is 11.1. The number of benzene rings is 1. The van der Waals surface area contributed by atoms with Gasteiger partial charge in [-0.2, -0.15) is 0 Å². The van der Waals surface area contributed by atoms with Gasteiger partial charge in [-0.25, -0.2) is 0 Å². The van der Waals surface area contributed by atoms with E-state index < -0.39 is 0 Å². The lowest BCUT2D eigenvalue weighted by molar-refractivity contribution is -0.122. The van der Waals surface area contributed by atoms with Crippen molar-refractivity contribution in [1.82, 2.24) is 5.32 Å². The fourth-order valence-corrected chi connectivity index (χ4v) is 2.55. The average molecular weight is 384 g/mol. The van der Waals surface area contributed by atoms with Gasteiger partial charge in [-0.15, -0.1) is 0 Å². The van der Waals surface area contributed by atoms with Crippen LogP contribution in [0.5, 0.6) is 5.75 Å². The van der Waals surface area contributed by atoms with Crippen LogP contribution in [-0.4, -0.2) is 19.1 Å². The van der Waals surface area contributed by atoms with Crippen LogP contribution in [0.4, 0.5) is 0 Å². The number of likely N-dealkylation sites (N-methyl/N-ethyl adjacent to an activating group) is 1. The number of hydrogen-bond donors (Lipinski definition) is 1. The summed E-state index contributed by atoms with van der Waals surface area (Å²) in [5.41, 5.74) is 0. The van der Waals surface area contributed by atoms with Crippen LogP contribution < -0.4 is 10.1 Å². The van der Waals surface area contributed by atoms with Crippen LogP contribution in [0.2, 0.25) is 0 Å². The predicted molar refractivity (Wildman–Crippen MR) is 71.0 cm³/mol. The third kappa shape index (κ3) is 4.83. The molecule has 0 unspecified atom stereocenters. The van der Waals surface area contributed by atoms with Crippen LogP contribution in [0.1, 0.15) is 6.92 Å². The molecule has 0 bridgehead atoms. The van der Waals surface area contributed by atoms with E-state index in [4.69, 9.17) is 4.74 Å². The van der Waals surface area contributed by atoms with Crippen LogP contribution >= 0.6 is 38.5 Å². The second-order valence-electron chi connectivity index (χ2n) is 2.85. The van der Waals surface area contributed by atoms with Gasteiger partial charge >= 0.3 is 0 Å². The maximum Gasteiger partial charge on any atom is 0.257 e. The third-order valence-electron chi connectivity index (χ3n) is 1.58. The summed E-state index contributed by atoms with van der Waals surface area (Å²) in [5, 5.41) is 2.67. The minimum atomic E-state index is -0.104. The number of ether oxygens (including phenoxy) is 1. The van der Waals surface area contributed by atoms with E-state index in [2.05, 4.69) is 43.8 Å². The molecule has 82 valence electrons. The number of halogens is 2. The van der Waals surface area contributed by atoms with Gasteiger partial charge in [0.1, 0.15) is 5.75 Å². The first-order valence-corrected chi connectivity index (χ1v) is 6.34. The Kier molecular flexibility index (Phi) is 5.38. The Morgan fingerprint density at radius 3 is 2.87 bits per heavy atom. The Morgan fingerprint density at radius 1 is 1.53 bits per heavy atom. The van der Waals surface area contributed by atoms with Gasteiger partial charge in [-0.3, -0.25) is 4.79 Å². The molecule has 0 aliphatic carbocycles. The van der Waals surface area contributed by atoms with Gasteiger partial charge in [0, 0.05) is 14.6 Å². The van der Waals surface area contributed by atoms with Gasteiger partial charge in [-0.05, 0) is 47.7 Å². The first-order chi connectivity index (χ1) is 7.11. The molecule has 0 fully saturated rings. The highest BCUT2D eigenvalue weighted by Crippen LogP contribution is 2.22. The van der Waals surface area contributed by atoms with E-state index in [1.807, 2.05) is 25.1 Å². The standard InChI is InChI=1S/C10H11BrINO2/c1-2-13-10(14)6-15-9-4-7(11)3-8(12)5-9/h3-5H,2,6H2,1H3,(H,13,14). The van der Waals surface area contributed by atoms with Gasteiger partial charge < -0.3 is 10.1 Å². The van der Waals surface area contributed by atoms with E-state index in [9.17, 15) is 4.79 Å². The molecule has 0 saturated carbocycles. The molecule has 1 amide bonds. The summed E-state index contributed by atoms with van der Waals surface area (Å²) in [4.78, 5) is 11.1. The first-order valence-electron chi connectivity index (χ1n) is 4.47. The van der Waals surface area contributed by atoms with Gasteiger partial charge in [0.2, 0.25) is 0 Å². The SMILES string of the molecule is CCNC(=O)COc1cc(Br)cc(I)c1. The van der Waals surface area contributed by atoms with E-state index in [0.717, 1.165) is 8.04 Å². The van der Waals surface area contributed by atoms with Crippen molar-refractivity contribution in [2.75, 3.05) is 13.2 Å². The van der Waals surface area contributed by atoms with Crippen molar-refractivity contribution in [3.63, 3.8) is 0 Å². The molecular weight excluding hydrogens is 373 g/mol. The molecule has 1 aromatic carbocycles. The molecule has 0 atom stereocenters. The number of rotatable bonds is 4. The largest absolute Gasteiger partial charge is 0.484 e. The van der Waals surface area contributed by atoms with Crippen molar-refractivity contribution in [3.8, 4) is 5.75 Å². The van der Waals surface area contributed by atoms with Crippen LogP contribution in [-0.2, 0) is 4.79 Å². The molecule has 5 heteroatoms. The Morgan fingerprint density at radius 2 is 2.27 bits per heavy atom. The fraction of sp³-hybridized carbons (Fsp3) is 0.300. The molecule has 0 saturated heterocycles. The molecule has 0 aromatic heterocycles. The van der Waals surface area contributed by atoms with Gasteiger partial charge in [0.15, 0.2) is 6.61 Å². The zero-order chi connectivity index (χ0) is 11.3. The molecule has 3 nitrogen and oxygen atoms in total. The van der Waals surface area contributed by atoms with E-state index in [-0.39, 0.29) is 12.5 Å². The van der Waals surface area contributed by atoms with Crippen LogP contribution in [0.15, 0.2) is 22.7 Å². The molecule has 0 radical (unpaired) electrons. The minimum absolute atomic E-state index is 0.0559. The highest BCUT2D eigenvalue weighted by atomic mass is 127. The molecule has 0 aliphatic rings. The van der Waals surface area contributed by atoms with Gasteiger partial charge in [0.25, 0.3) is 5.91 Å². The number of hydrogen-bond acceptors (Lipinski definition) is 2. The molecule has 1 aromatic rings. The zero-order valence-corrected chi connectivity index (χ0v) is 12.0. The summed E-state index contributed by atoms with van der Waals surface area (Å²) >= 11 is 5.56. The van der Waals surface area contributed by atoms with E-state index in [1.54, 1.807) is 0 Å². The van der Waals surface area contributed by atoms with Gasteiger partial charge in [0.05, 0.1) is 0 Å². The first kappa shape index (κ1) is 12.8. The predicted octanol–water partition coefficient (Wildman–Crippen LogP) is 2.57. The molecular formula is C10H11BrINO2. The minimum Gasteiger partial charge on any atom is -0.484 e. The summed E-state index contributed by atoms with van der Waals surface area (Å²) in [7, 11) is 0. The zero-order valence-electron chi connectivity index (χ0n) is 8.22. The molecule has 0 aliphatic heterocycles. The van der Waals surface area contributed by atoms with Crippen LogP contribution in [0.25, 0.3) is 0 Å². The fourth-order valence-electron chi connectivity index (χ4n) is 1.01. The van der Waals surface area contributed by atoms with E-state index in [0.29, 0.717) is 12.3 Å².